The van der Waals surface area contributed by atoms with E-state index in [4.69, 9.17) is 17.3 Å². The molecule has 1 aliphatic heterocycles. The SMILES string of the molecule is CCC(N)Cc1ccc(N2CCC(C)CC2)c(Cl)c1. The zero-order chi connectivity index (χ0) is 13.8. The van der Waals surface area contributed by atoms with Crippen molar-refractivity contribution in [1.82, 2.24) is 0 Å². The Kier molecular flexibility index (Phi) is 5.12. The van der Waals surface area contributed by atoms with Gasteiger partial charge in [0.15, 0.2) is 0 Å². The highest BCUT2D eigenvalue weighted by molar-refractivity contribution is 6.33. The summed E-state index contributed by atoms with van der Waals surface area (Å²) in [7, 11) is 0. The van der Waals surface area contributed by atoms with Crippen molar-refractivity contribution in [1.29, 1.82) is 0 Å². The van der Waals surface area contributed by atoms with E-state index in [2.05, 4.69) is 36.9 Å². The minimum absolute atomic E-state index is 0.234. The lowest BCUT2D eigenvalue weighted by atomic mass is 9.98. The van der Waals surface area contributed by atoms with Crippen LogP contribution in [0, 0.1) is 5.92 Å². The summed E-state index contributed by atoms with van der Waals surface area (Å²) in [6.45, 7) is 6.69. The Balaban J connectivity index is 2.06. The highest BCUT2D eigenvalue weighted by atomic mass is 35.5. The highest BCUT2D eigenvalue weighted by Crippen LogP contribution is 2.30. The monoisotopic (exact) mass is 280 g/mol. The first-order valence-electron chi connectivity index (χ1n) is 7.39. The molecule has 0 spiro atoms. The van der Waals surface area contributed by atoms with E-state index in [-0.39, 0.29) is 6.04 Å². The van der Waals surface area contributed by atoms with Gasteiger partial charge in [0.1, 0.15) is 0 Å². The number of nitrogens with two attached hydrogens (primary N) is 1. The number of hydrogen-bond acceptors (Lipinski definition) is 2. The fraction of sp³-hybridized carbons (Fsp3) is 0.625. The van der Waals surface area contributed by atoms with Crippen LogP contribution in [0.5, 0.6) is 0 Å². The number of piperidine rings is 1. The molecule has 1 aromatic rings. The number of anilines is 1. The van der Waals surface area contributed by atoms with Gasteiger partial charge in [-0.3, -0.25) is 0 Å². The molecule has 0 aromatic heterocycles. The van der Waals surface area contributed by atoms with E-state index < -0.39 is 0 Å². The summed E-state index contributed by atoms with van der Waals surface area (Å²) in [5.74, 6) is 0.844. The van der Waals surface area contributed by atoms with Gasteiger partial charge in [-0.05, 0) is 49.3 Å². The number of benzene rings is 1. The van der Waals surface area contributed by atoms with Crippen molar-refractivity contribution in [2.24, 2.45) is 11.7 Å². The molecule has 1 saturated heterocycles. The zero-order valence-electron chi connectivity index (χ0n) is 12.0. The van der Waals surface area contributed by atoms with Crippen LogP contribution in [-0.2, 0) is 6.42 Å². The molecule has 1 heterocycles. The van der Waals surface area contributed by atoms with Crippen LogP contribution in [0.1, 0.15) is 38.7 Å². The van der Waals surface area contributed by atoms with Crippen LogP contribution in [0.2, 0.25) is 5.02 Å². The molecule has 1 aromatic carbocycles. The standard InChI is InChI=1S/C16H25ClN2/c1-3-14(18)10-13-4-5-16(15(17)11-13)19-8-6-12(2)7-9-19/h4-5,11-12,14H,3,6-10,18H2,1-2H3. The van der Waals surface area contributed by atoms with Gasteiger partial charge in [0.05, 0.1) is 10.7 Å². The first-order valence-corrected chi connectivity index (χ1v) is 7.77. The summed E-state index contributed by atoms with van der Waals surface area (Å²) in [6.07, 6.45) is 4.44. The van der Waals surface area contributed by atoms with E-state index >= 15 is 0 Å². The molecule has 106 valence electrons. The van der Waals surface area contributed by atoms with E-state index in [9.17, 15) is 0 Å². The topological polar surface area (TPSA) is 29.3 Å². The van der Waals surface area contributed by atoms with Crippen LogP contribution in [-0.4, -0.2) is 19.1 Å². The van der Waals surface area contributed by atoms with Gasteiger partial charge in [0, 0.05) is 19.1 Å². The third-order valence-electron chi connectivity index (χ3n) is 4.16. The summed E-state index contributed by atoms with van der Waals surface area (Å²) in [5, 5.41) is 0.871. The van der Waals surface area contributed by atoms with Gasteiger partial charge < -0.3 is 10.6 Å². The van der Waals surface area contributed by atoms with Crippen molar-refractivity contribution in [3.63, 3.8) is 0 Å². The Morgan fingerprint density at radius 2 is 2.05 bits per heavy atom. The molecule has 0 radical (unpaired) electrons. The molecule has 0 aliphatic carbocycles. The van der Waals surface area contributed by atoms with Crippen LogP contribution in [0.3, 0.4) is 0 Å². The summed E-state index contributed by atoms with van der Waals surface area (Å²) in [6, 6.07) is 6.66. The second-order valence-electron chi connectivity index (χ2n) is 5.83. The average molecular weight is 281 g/mol. The Bertz CT molecular complexity index is 411. The third-order valence-corrected chi connectivity index (χ3v) is 4.46. The molecule has 1 unspecified atom stereocenters. The molecule has 2 N–H and O–H groups in total. The predicted octanol–water partition coefficient (Wildman–Crippen LogP) is 3.86. The molecule has 2 nitrogen and oxygen atoms in total. The van der Waals surface area contributed by atoms with Crippen molar-refractivity contribution >= 4 is 17.3 Å². The maximum atomic E-state index is 6.44. The lowest BCUT2D eigenvalue weighted by molar-refractivity contribution is 0.438. The average Bonchev–Trinajstić information content (AvgIpc) is 2.40. The van der Waals surface area contributed by atoms with Crippen molar-refractivity contribution in [2.75, 3.05) is 18.0 Å². The molecule has 0 saturated carbocycles. The smallest absolute Gasteiger partial charge is 0.0642 e. The van der Waals surface area contributed by atoms with Gasteiger partial charge in [-0.25, -0.2) is 0 Å². The summed E-state index contributed by atoms with van der Waals surface area (Å²) in [4.78, 5) is 2.41. The molecule has 1 aliphatic rings. The molecular weight excluding hydrogens is 256 g/mol. The quantitative estimate of drug-likeness (QED) is 0.907. The van der Waals surface area contributed by atoms with Gasteiger partial charge in [0.25, 0.3) is 0 Å². The highest BCUT2D eigenvalue weighted by Gasteiger charge is 2.18. The van der Waals surface area contributed by atoms with Crippen molar-refractivity contribution in [3.05, 3.63) is 28.8 Å². The normalized spacial score (nSPS) is 18.6. The number of halogens is 1. The molecule has 2 rings (SSSR count). The predicted molar refractivity (Wildman–Crippen MR) is 84.0 cm³/mol. The number of nitrogens with zero attached hydrogens (tertiary/aromatic N) is 1. The van der Waals surface area contributed by atoms with E-state index in [1.54, 1.807) is 0 Å². The molecule has 19 heavy (non-hydrogen) atoms. The molecule has 1 atom stereocenters. The molecule has 0 bridgehead atoms. The van der Waals surface area contributed by atoms with Gasteiger partial charge in [0.2, 0.25) is 0 Å². The van der Waals surface area contributed by atoms with Gasteiger partial charge in [-0.1, -0.05) is 31.5 Å². The first-order chi connectivity index (χ1) is 9.10. The lowest BCUT2D eigenvalue weighted by Gasteiger charge is -2.32. The van der Waals surface area contributed by atoms with Crippen LogP contribution in [0.15, 0.2) is 18.2 Å². The molecule has 0 amide bonds. The van der Waals surface area contributed by atoms with Crippen LogP contribution < -0.4 is 10.6 Å². The summed E-state index contributed by atoms with van der Waals surface area (Å²) >= 11 is 6.44. The zero-order valence-corrected chi connectivity index (χ0v) is 12.8. The Labute approximate surface area is 121 Å². The molecule has 3 heteroatoms. The first kappa shape index (κ1) is 14.7. The van der Waals surface area contributed by atoms with E-state index in [0.717, 1.165) is 36.9 Å². The van der Waals surface area contributed by atoms with Gasteiger partial charge in [-0.2, -0.15) is 0 Å². The van der Waals surface area contributed by atoms with E-state index in [1.807, 2.05) is 0 Å². The Morgan fingerprint density at radius 3 is 2.63 bits per heavy atom. The molecule has 1 fully saturated rings. The second-order valence-corrected chi connectivity index (χ2v) is 6.23. The van der Waals surface area contributed by atoms with Gasteiger partial charge >= 0.3 is 0 Å². The Hall–Kier alpha value is -0.730. The Morgan fingerprint density at radius 1 is 1.37 bits per heavy atom. The maximum absolute atomic E-state index is 6.44. The lowest BCUT2D eigenvalue weighted by Crippen LogP contribution is -2.33. The van der Waals surface area contributed by atoms with E-state index in [1.165, 1.54) is 24.1 Å². The van der Waals surface area contributed by atoms with Crippen LogP contribution in [0.25, 0.3) is 0 Å². The third kappa shape index (κ3) is 3.87. The largest absolute Gasteiger partial charge is 0.370 e. The molecular formula is C16H25ClN2. The second kappa shape index (κ2) is 6.62. The fourth-order valence-corrected chi connectivity index (χ4v) is 2.95. The minimum Gasteiger partial charge on any atom is -0.370 e. The number of rotatable bonds is 4. The van der Waals surface area contributed by atoms with E-state index in [0.29, 0.717) is 0 Å². The maximum Gasteiger partial charge on any atom is 0.0642 e. The summed E-state index contributed by atoms with van der Waals surface area (Å²) < 4.78 is 0. The minimum atomic E-state index is 0.234. The van der Waals surface area contributed by atoms with Crippen molar-refractivity contribution < 1.29 is 0 Å². The van der Waals surface area contributed by atoms with Crippen molar-refractivity contribution in [2.45, 2.75) is 45.6 Å². The van der Waals surface area contributed by atoms with Crippen LogP contribution in [0.4, 0.5) is 5.69 Å². The number of hydrogen-bond donors (Lipinski definition) is 1. The summed E-state index contributed by atoms with van der Waals surface area (Å²) in [5.41, 5.74) is 8.42. The van der Waals surface area contributed by atoms with Gasteiger partial charge in [-0.15, -0.1) is 0 Å². The van der Waals surface area contributed by atoms with Crippen LogP contribution >= 0.6 is 11.6 Å². The van der Waals surface area contributed by atoms with Crippen molar-refractivity contribution in [3.8, 4) is 0 Å². The fourth-order valence-electron chi connectivity index (χ4n) is 2.63.